The maximum absolute atomic E-state index is 6.42. The van der Waals surface area contributed by atoms with Gasteiger partial charge in [-0.05, 0) is 61.2 Å². The Hall–Kier alpha value is -2.45. The molecule has 0 aromatic heterocycles. The van der Waals surface area contributed by atoms with Gasteiger partial charge in [-0.1, -0.05) is 54.1 Å². The summed E-state index contributed by atoms with van der Waals surface area (Å²) in [5.74, 6) is 2.44. The van der Waals surface area contributed by atoms with Gasteiger partial charge in [-0.25, -0.2) is 0 Å². The standard InChI is InChI=1S/C22H20ClO2/c1-2-24-22-11-7-6-8-18(22)13-12-17-14-15-20(16-21(17)23)25-19-9-4-3-5-10-19/h3-12,14-16H,2,13H2,1H3. The summed E-state index contributed by atoms with van der Waals surface area (Å²) >= 11 is 6.42. The quantitative estimate of drug-likeness (QED) is 0.495. The summed E-state index contributed by atoms with van der Waals surface area (Å²) in [6.07, 6.45) is 2.86. The molecule has 0 amide bonds. The van der Waals surface area contributed by atoms with Crippen molar-refractivity contribution in [1.82, 2.24) is 0 Å². The highest BCUT2D eigenvalue weighted by atomic mass is 35.5. The maximum Gasteiger partial charge on any atom is 0.128 e. The van der Waals surface area contributed by atoms with E-state index in [1.54, 1.807) is 0 Å². The predicted molar refractivity (Wildman–Crippen MR) is 103 cm³/mol. The molecule has 0 saturated heterocycles. The van der Waals surface area contributed by atoms with Gasteiger partial charge < -0.3 is 9.47 Å². The molecule has 1 radical (unpaired) electrons. The van der Waals surface area contributed by atoms with E-state index in [1.807, 2.05) is 73.7 Å². The maximum atomic E-state index is 6.42. The first-order chi connectivity index (χ1) is 12.3. The van der Waals surface area contributed by atoms with Gasteiger partial charge in [0, 0.05) is 5.02 Å². The Morgan fingerprint density at radius 1 is 0.880 bits per heavy atom. The summed E-state index contributed by atoms with van der Waals surface area (Å²) in [5, 5.41) is 0.669. The molecule has 0 spiro atoms. The van der Waals surface area contributed by atoms with Gasteiger partial charge in [-0.15, -0.1) is 0 Å². The van der Waals surface area contributed by atoms with Crippen molar-refractivity contribution < 1.29 is 9.47 Å². The molecule has 25 heavy (non-hydrogen) atoms. The van der Waals surface area contributed by atoms with Crippen molar-refractivity contribution in [2.24, 2.45) is 0 Å². The third-order valence-corrected chi connectivity index (χ3v) is 4.09. The third kappa shape index (κ3) is 4.77. The summed E-state index contributed by atoms with van der Waals surface area (Å²) in [6.45, 7) is 2.64. The van der Waals surface area contributed by atoms with Crippen LogP contribution >= 0.6 is 11.6 Å². The van der Waals surface area contributed by atoms with E-state index < -0.39 is 0 Å². The monoisotopic (exact) mass is 351 g/mol. The lowest BCUT2D eigenvalue weighted by Crippen LogP contribution is -1.97. The SMILES string of the molecule is CCOc1ccccc1C[CH]c1ccc(Oc2ccccc2)cc1Cl. The molecule has 0 aliphatic carbocycles. The minimum atomic E-state index is 0.656. The molecule has 2 nitrogen and oxygen atoms in total. The van der Waals surface area contributed by atoms with Crippen LogP contribution in [0.4, 0.5) is 0 Å². The molecule has 0 aliphatic heterocycles. The smallest absolute Gasteiger partial charge is 0.128 e. The largest absolute Gasteiger partial charge is 0.494 e. The van der Waals surface area contributed by atoms with Crippen LogP contribution in [0.2, 0.25) is 5.02 Å². The molecule has 0 heterocycles. The van der Waals surface area contributed by atoms with E-state index in [1.165, 1.54) is 0 Å². The molecular formula is C22H20ClO2. The van der Waals surface area contributed by atoms with E-state index in [-0.39, 0.29) is 0 Å². The van der Waals surface area contributed by atoms with Crippen molar-refractivity contribution >= 4 is 11.6 Å². The molecule has 0 aliphatic rings. The second-order valence-electron chi connectivity index (χ2n) is 5.55. The van der Waals surface area contributed by atoms with Gasteiger partial charge in [-0.2, -0.15) is 0 Å². The van der Waals surface area contributed by atoms with Gasteiger partial charge in [0.05, 0.1) is 6.61 Å². The predicted octanol–water partition coefficient (Wildman–Crippen LogP) is 6.33. The Bertz CT molecular complexity index is 815. The molecule has 0 saturated carbocycles. The number of ether oxygens (including phenoxy) is 2. The molecule has 0 fully saturated rings. The van der Waals surface area contributed by atoms with Crippen LogP contribution in [0, 0.1) is 6.42 Å². The number of halogens is 1. The zero-order valence-corrected chi connectivity index (χ0v) is 14.9. The normalized spacial score (nSPS) is 10.5. The summed E-state index contributed by atoms with van der Waals surface area (Å²) in [4.78, 5) is 0. The molecule has 0 N–H and O–H groups in total. The molecule has 3 rings (SSSR count). The van der Waals surface area contributed by atoms with Crippen LogP contribution in [0.3, 0.4) is 0 Å². The zero-order valence-electron chi connectivity index (χ0n) is 14.1. The van der Waals surface area contributed by atoms with Crippen LogP contribution in [-0.4, -0.2) is 6.61 Å². The van der Waals surface area contributed by atoms with Crippen LogP contribution in [0.1, 0.15) is 18.1 Å². The number of hydrogen-bond donors (Lipinski definition) is 0. The lowest BCUT2D eigenvalue weighted by Gasteiger charge is -2.11. The summed E-state index contributed by atoms with van der Waals surface area (Å²) in [5.41, 5.74) is 2.12. The second-order valence-corrected chi connectivity index (χ2v) is 5.95. The van der Waals surface area contributed by atoms with E-state index in [0.717, 1.165) is 34.8 Å². The summed E-state index contributed by atoms with van der Waals surface area (Å²) in [6, 6.07) is 23.5. The average molecular weight is 352 g/mol. The van der Waals surface area contributed by atoms with Crippen molar-refractivity contribution in [3.8, 4) is 17.2 Å². The summed E-state index contributed by atoms with van der Waals surface area (Å²) in [7, 11) is 0. The first-order valence-corrected chi connectivity index (χ1v) is 8.70. The van der Waals surface area contributed by atoms with Crippen LogP contribution in [0.25, 0.3) is 0 Å². The van der Waals surface area contributed by atoms with E-state index in [2.05, 4.69) is 12.5 Å². The Morgan fingerprint density at radius 3 is 2.40 bits per heavy atom. The Labute approximate surface area is 154 Å². The van der Waals surface area contributed by atoms with Crippen molar-refractivity contribution in [1.29, 1.82) is 0 Å². The topological polar surface area (TPSA) is 18.5 Å². The van der Waals surface area contributed by atoms with E-state index in [9.17, 15) is 0 Å². The van der Waals surface area contributed by atoms with Crippen molar-refractivity contribution in [2.45, 2.75) is 13.3 Å². The van der Waals surface area contributed by atoms with Gasteiger partial charge in [-0.3, -0.25) is 0 Å². The van der Waals surface area contributed by atoms with Crippen LogP contribution < -0.4 is 9.47 Å². The second kappa shape index (κ2) is 8.59. The number of rotatable bonds is 7. The Kier molecular flexibility index (Phi) is 5.97. The molecule has 3 aromatic rings. The number of benzene rings is 3. The molecular weight excluding hydrogens is 332 g/mol. The molecule has 0 unspecified atom stereocenters. The van der Waals surface area contributed by atoms with Gasteiger partial charge in [0.15, 0.2) is 0 Å². The molecule has 3 heteroatoms. The van der Waals surface area contributed by atoms with E-state index >= 15 is 0 Å². The molecule has 0 atom stereocenters. The highest BCUT2D eigenvalue weighted by Gasteiger charge is 2.07. The number of para-hydroxylation sites is 2. The fraction of sp³-hybridized carbons (Fsp3) is 0.136. The van der Waals surface area contributed by atoms with Crippen molar-refractivity contribution in [2.75, 3.05) is 6.61 Å². The van der Waals surface area contributed by atoms with E-state index in [4.69, 9.17) is 21.1 Å². The Morgan fingerprint density at radius 2 is 1.64 bits per heavy atom. The first kappa shape index (κ1) is 17.4. The molecule has 127 valence electrons. The molecule has 3 aromatic carbocycles. The third-order valence-electron chi connectivity index (χ3n) is 3.77. The average Bonchev–Trinajstić information content (AvgIpc) is 2.63. The van der Waals surface area contributed by atoms with Gasteiger partial charge in [0.25, 0.3) is 0 Å². The molecule has 0 bridgehead atoms. The minimum absolute atomic E-state index is 0.656. The highest BCUT2D eigenvalue weighted by Crippen LogP contribution is 2.29. The lowest BCUT2D eigenvalue weighted by atomic mass is 10.0. The van der Waals surface area contributed by atoms with E-state index in [0.29, 0.717) is 11.6 Å². The fourth-order valence-electron chi connectivity index (χ4n) is 2.55. The fourth-order valence-corrected chi connectivity index (χ4v) is 2.80. The lowest BCUT2D eigenvalue weighted by molar-refractivity contribution is 0.337. The van der Waals surface area contributed by atoms with Crippen LogP contribution in [0.5, 0.6) is 17.2 Å². The van der Waals surface area contributed by atoms with Gasteiger partial charge in [0.1, 0.15) is 17.2 Å². The first-order valence-electron chi connectivity index (χ1n) is 8.32. The van der Waals surface area contributed by atoms with Gasteiger partial charge in [0.2, 0.25) is 0 Å². The summed E-state index contributed by atoms with van der Waals surface area (Å²) < 4.78 is 11.5. The van der Waals surface area contributed by atoms with Crippen molar-refractivity contribution in [3.63, 3.8) is 0 Å². The van der Waals surface area contributed by atoms with Crippen LogP contribution in [0.15, 0.2) is 72.8 Å². The highest BCUT2D eigenvalue weighted by molar-refractivity contribution is 6.31. The van der Waals surface area contributed by atoms with Crippen molar-refractivity contribution in [3.05, 3.63) is 95.4 Å². The Balaban J connectivity index is 1.68. The zero-order chi connectivity index (χ0) is 17.5. The van der Waals surface area contributed by atoms with Crippen LogP contribution in [-0.2, 0) is 6.42 Å². The number of hydrogen-bond acceptors (Lipinski definition) is 2. The van der Waals surface area contributed by atoms with Gasteiger partial charge >= 0.3 is 0 Å². The minimum Gasteiger partial charge on any atom is -0.494 e.